The number of fused-ring (bicyclic) bond motifs is 1. The summed E-state index contributed by atoms with van der Waals surface area (Å²) in [5.74, 6) is -0.373. The van der Waals surface area contributed by atoms with Crippen molar-refractivity contribution in [3.63, 3.8) is 0 Å². The second-order valence-electron chi connectivity index (χ2n) is 7.18. The maximum atomic E-state index is 11.9. The molecule has 0 aliphatic carbocycles. The number of esters is 1. The zero-order valence-corrected chi connectivity index (χ0v) is 17.1. The van der Waals surface area contributed by atoms with E-state index in [0.717, 1.165) is 44.6 Å². The van der Waals surface area contributed by atoms with E-state index in [0.29, 0.717) is 5.56 Å². The lowest BCUT2D eigenvalue weighted by Crippen LogP contribution is -2.01. The molecule has 0 fully saturated rings. The predicted molar refractivity (Wildman–Crippen MR) is 118 cm³/mol. The van der Waals surface area contributed by atoms with Crippen molar-refractivity contribution < 1.29 is 13.9 Å². The fraction of sp³-hybridized carbons (Fsp3) is 0.0800. The van der Waals surface area contributed by atoms with E-state index in [2.05, 4.69) is 17.2 Å². The summed E-state index contributed by atoms with van der Waals surface area (Å²) in [5, 5.41) is 4.38. The van der Waals surface area contributed by atoms with Crippen LogP contribution in [0.5, 0.6) is 0 Å². The largest absolute Gasteiger partial charge is 0.465 e. The molecule has 2 aromatic carbocycles. The molecule has 0 amide bonds. The van der Waals surface area contributed by atoms with Crippen molar-refractivity contribution in [1.29, 1.82) is 0 Å². The van der Waals surface area contributed by atoms with Crippen LogP contribution in [-0.4, -0.2) is 27.8 Å². The van der Waals surface area contributed by atoms with Crippen LogP contribution >= 0.6 is 0 Å². The van der Waals surface area contributed by atoms with Crippen LogP contribution in [0.15, 0.2) is 83.7 Å². The number of ether oxygens (including phenoxy) is 1. The summed E-state index contributed by atoms with van der Waals surface area (Å²) in [6.07, 6.45) is 5.44. The second-order valence-corrected chi connectivity index (χ2v) is 7.18. The van der Waals surface area contributed by atoms with E-state index >= 15 is 0 Å². The van der Waals surface area contributed by atoms with Gasteiger partial charge in [-0.25, -0.2) is 9.78 Å². The normalized spacial score (nSPS) is 11.0. The third-order valence-electron chi connectivity index (χ3n) is 5.23. The molecule has 0 saturated heterocycles. The van der Waals surface area contributed by atoms with Crippen LogP contribution in [0.1, 0.15) is 10.4 Å². The molecule has 3 heterocycles. The highest BCUT2D eigenvalue weighted by molar-refractivity contribution is 6.04. The Morgan fingerprint density at radius 3 is 2.39 bits per heavy atom. The maximum absolute atomic E-state index is 11.9. The minimum atomic E-state index is -0.373. The fourth-order valence-corrected chi connectivity index (χ4v) is 3.79. The van der Waals surface area contributed by atoms with Crippen molar-refractivity contribution in [2.45, 2.75) is 0 Å². The van der Waals surface area contributed by atoms with Crippen LogP contribution in [0.4, 0.5) is 0 Å². The molecule has 6 heteroatoms. The number of carbonyl (C=O) groups excluding carboxylic acids is 1. The average Bonchev–Trinajstić information content (AvgIpc) is 3.46. The molecule has 0 aliphatic rings. The van der Waals surface area contributed by atoms with Crippen molar-refractivity contribution in [2.24, 2.45) is 7.05 Å². The van der Waals surface area contributed by atoms with Gasteiger partial charge in [0.25, 0.3) is 0 Å². The number of hydrogen-bond acceptors (Lipinski definition) is 5. The standard InChI is InChI=1S/C25H19N3O3/c1-28-15-19(14-26-28)21-22(16-6-4-3-5-7-16)24-20(12-13-31-24)27-23(21)17-8-10-18(11-9-17)25(29)30-2/h3-15H,1-2H3. The third-order valence-corrected chi connectivity index (χ3v) is 5.23. The van der Waals surface area contributed by atoms with Crippen LogP contribution in [0, 0.1) is 0 Å². The zero-order chi connectivity index (χ0) is 21.4. The molecule has 0 N–H and O–H groups in total. The van der Waals surface area contributed by atoms with Gasteiger partial charge in [-0.1, -0.05) is 42.5 Å². The minimum Gasteiger partial charge on any atom is -0.465 e. The van der Waals surface area contributed by atoms with Crippen LogP contribution in [0.2, 0.25) is 0 Å². The van der Waals surface area contributed by atoms with Gasteiger partial charge in [-0.15, -0.1) is 0 Å². The minimum absolute atomic E-state index is 0.373. The van der Waals surface area contributed by atoms with Gasteiger partial charge in [-0.2, -0.15) is 5.10 Å². The van der Waals surface area contributed by atoms with Crippen molar-refractivity contribution in [3.8, 4) is 33.5 Å². The van der Waals surface area contributed by atoms with Crippen LogP contribution in [-0.2, 0) is 11.8 Å². The maximum Gasteiger partial charge on any atom is 0.337 e. The molecule has 0 unspecified atom stereocenters. The summed E-state index contributed by atoms with van der Waals surface area (Å²) in [6.45, 7) is 0. The second kappa shape index (κ2) is 7.57. The Morgan fingerprint density at radius 2 is 1.71 bits per heavy atom. The number of benzene rings is 2. The molecule has 0 aliphatic heterocycles. The van der Waals surface area contributed by atoms with E-state index in [-0.39, 0.29) is 5.97 Å². The van der Waals surface area contributed by atoms with Gasteiger partial charge < -0.3 is 9.15 Å². The van der Waals surface area contributed by atoms with Gasteiger partial charge in [0.1, 0.15) is 5.52 Å². The number of aromatic nitrogens is 3. The van der Waals surface area contributed by atoms with Crippen molar-refractivity contribution in [1.82, 2.24) is 14.8 Å². The molecule has 6 nitrogen and oxygen atoms in total. The van der Waals surface area contributed by atoms with Crippen molar-refractivity contribution in [3.05, 3.63) is 84.9 Å². The Hall–Kier alpha value is -4.19. The SMILES string of the molecule is COC(=O)c1ccc(-c2nc3ccoc3c(-c3ccccc3)c2-c2cnn(C)c2)cc1. The first-order chi connectivity index (χ1) is 15.2. The molecule has 152 valence electrons. The Bertz CT molecular complexity index is 1380. The van der Waals surface area contributed by atoms with Gasteiger partial charge >= 0.3 is 5.97 Å². The predicted octanol–water partition coefficient (Wildman–Crippen LogP) is 5.35. The summed E-state index contributed by atoms with van der Waals surface area (Å²) < 4.78 is 12.5. The molecule has 0 spiro atoms. The lowest BCUT2D eigenvalue weighted by atomic mass is 9.91. The summed E-state index contributed by atoms with van der Waals surface area (Å²) in [6, 6.07) is 19.2. The quantitative estimate of drug-likeness (QED) is 0.374. The highest BCUT2D eigenvalue weighted by atomic mass is 16.5. The molecular weight excluding hydrogens is 390 g/mol. The molecule has 5 rings (SSSR count). The average molecular weight is 409 g/mol. The first-order valence-electron chi connectivity index (χ1n) is 9.80. The number of hydrogen-bond donors (Lipinski definition) is 0. The number of carbonyl (C=O) groups is 1. The van der Waals surface area contributed by atoms with E-state index < -0.39 is 0 Å². The van der Waals surface area contributed by atoms with E-state index in [1.54, 1.807) is 23.1 Å². The Morgan fingerprint density at radius 1 is 0.935 bits per heavy atom. The van der Waals surface area contributed by atoms with Gasteiger partial charge in [0.05, 0.1) is 30.8 Å². The highest BCUT2D eigenvalue weighted by Crippen LogP contribution is 2.43. The number of aryl methyl sites for hydroxylation is 1. The number of pyridine rings is 1. The van der Waals surface area contributed by atoms with Crippen LogP contribution in [0.25, 0.3) is 44.6 Å². The number of nitrogens with zero attached hydrogens (tertiary/aromatic N) is 3. The smallest absolute Gasteiger partial charge is 0.337 e. The zero-order valence-electron chi connectivity index (χ0n) is 17.1. The van der Waals surface area contributed by atoms with Crippen molar-refractivity contribution in [2.75, 3.05) is 7.11 Å². The number of rotatable bonds is 4. The van der Waals surface area contributed by atoms with Gasteiger partial charge in [0.15, 0.2) is 5.58 Å². The topological polar surface area (TPSA) is 70.2 Å². The van der Waals surface area contributed by atoms with Crippen molar-refractivity contribution >= 4 is 17.1 Å². The van der Waals surface area contributed by atoms with E-state index in [9.17, 15) is 4.79 Å². The Kier molecular flexibility index (Phi) is 4.59. The Labute approximate surface area is 178 Å². The third kappa shape index (κ3) is 3.28. The molecule has 5 aromatic rings. The lowest BCUT2D eigenvalue weighted by molar-refractivity contribution is 0.0601. The van der Waals surface area contributed by atoms with Gasteiger partial charge in [0.2, 0.25) is 0 Å². The van der Waals surface area contributed by atoms with E-state index in [1.165, 1.54) is 7.11 Å². The first kappa shape index (κ1) is 18.8. The fourth-order valence-electron chi connectivity index (χ4n) is 3.79. The van der Waals surface area contributed by atoms with Crippen LogP contribution in [0.3, 0.4) is 0 Å². The first-order valence-corrected chi connectivity index (χ1v) is 9.80. The van der Waals surface area contributed by atoms with E-state index in [1.807, 2.05) is 55.8 Å². The molecule has 31 heavy (non-hydrogen) atoms. The summed E-state index contributed by atoms with van der Waals surface area (Å²) >= 11 is 0. The van der Waals surface area contributed by atoms with Crippen LogP contribution < -0.4 is 0 Å². The molecule has 0 radical (unpaired) electrons. The van der Waals surface area contributed by atoms with Gasteiger partial charge in [-0.05, 0) is 17.7 Å². The molecule has 3 aromatic heterocycles. The van der Waals surface area contributed by atoms with Gasteiger partial charge in [-0.3, -0.25) is 4.68 Å². The van der Waals surface area contributed by atoms with E-state index in [4.69, 9.17) is 14.1 Å². The number of furan rings is 1. The van der Waals surface area contributed by atoms with Gasteiger partial charge in [0, 0.05) is 41.6 Å². The molecular formula is C25H19N3O3. The summed E-state index contributed by atoms with van der Waals surface area (Å²) in [5.41, 5.74) is 7.47. The molecule has 0 atom stereocenters. The highest BCUT2D eigenvalue weighted by Gasteiger charge is 2.22. The molecule has 0 bridgehead atoms. The summed E-state index contributed by atoms with van der Waals surface area (Å²) in [7, 11) is 3.26. The monoisotopic (exact) mass is 409 g/mol. The lowest BCUT2D eigenvalue weighted by Gasteiger charge is -2.15. The number of methoxy groups -OCH3 is 1. The molecule has 0 saturated carbocycles. The summed E-state index contributed by atoms with van der Waals surface area (Å²) in [4.78, 5) is 16.8. The Balaban J connectivity index is 1.83.